The highest BCUT2D eigenvalue weighted by atomic mass is 16.5. The number of carbonyl (C=O) groups excluding carboxylic acids is 2. The Morgan fingerprint density at radius 2 is 1.76 bits per heavy atom. The predicted octanol–water partition coefficient (Wildman–Crippen LogP) is 4.90. The lowest BCUT2D eigenvalue weighted by Crippen LogP contribution is -2.48. The van der Waals surface area contributed by atoms with Crippen molar-refractivity contribution in [1.82, 2.24) is 15.2 Å². The average molecular weight is 460 g/mol. The fourth-order valence-corrected chi connectivity index (χ4v) is 5.19. The molecule has 1 heterocycles. The molecule has 0 spiro atoms. The number of ether oxygens (including phenoxy) is 1. The molecule has 1 aromatic heterocycles. The lowest BCUT2D eigenvalue weighted by Gasteiger charge is -2.33. The number of H-pyrrole nitrogens is 1. The van der Waals surface area contributed by atoms with Gasteiger partial charge in [-0.15, -0.1) is 0 Å². The summed E-state index contributed by atoms with van der Waals surface area (Å²) >= 11 is 0. The maximum absolute atomic E-state index is 13.8. The van der Waals surface area contributed by atoms with Gasteiger partial charge in [-0.3, -0.25) is 9.59 Å². The van der Waals surface area contributed by atoms with E-state index in [0.717, 1.165) is 66.3 Å². The highest BCUT2D eigenvalue weighted by Gasteiger charge is 2.41. The number of hydrogen-bond donors (Lipinski definition) is 2. The lowest BCUT2D eigenvalue weighted by molar-refractivity contribution is -0.141. The first kappa shape index (κ1) is 22.5. The van der Waals surface area contributed by atoms with Gasteiger partial charge in [0, 0.05) is 29.2 Å². The zero-order valence-corrected chi connectivity index (χ0v) is 19.8. The van der Waals surface area contributed by atoms with Gasteiger partial charge < -0.3 is 19.9 Å². The van der Waals surface area contributed by atoms with E-state index >= 15 is 0 Å². The number of rotatable bonds is 8. The Balaban J connectivity index is 1.44. The van der Waals surface area contributed by atoms with Crippen molar-refractivity contribution in [2.45, 2.75) is 69.5 Å². The molecule has 2 aromatic carbocycles. The quantitative estimate of drug-likeness (QED) is 0.503. The van der Waals surface area contributed by atoms with Crippen LogP contribution < -0.4 is 10.1 Å². The van der Waals surface area contributed by atoms with E-state index in [-0.39, 0.29) is 30.3 Å². The number of aromatic nitrogens is 1. The minimum atomic E-state index is -0.641. The predicted molar refractivity (Wildman–Crippen MR) is 133 cm³/mol. The van der Waals surface area contributed by atoms with E-state index in [4.69, 9.17) is 4.74 Å². The van der Waals surface area contributed by atoms with Crippen LogP contribution in [0.15, 0.2) is 54.7 Å². The first-order chi connectivity index (χ1) is 16.6. The van der Waals surface area contributed by atoms with Gasteiger partial charge in [-0.25, -0.2) is 0 Å². The van der Waals surface area contributed by atoms with E-state index in [9.17, 15) is 9.59 Å². The monoisotopic (exact) mass is 459 g/mol. The van der Waals surface area contributed by atoms with Gasteiger partial charge in [0.2, 0.25) is 11.8 Å². The van der Waals surface area contributed by atoms with Crippen LogP contribution in [0.25, 0.3) is 10.9 Å². The SMILES string of the molecule is COc1ccc([C@@H](C(=O)NC2CCCCC2)N(C(=O)Cc2c[nH]c3ccccc23)C2CC2)cc1. The lowest BCUT2D eigenvalue weighted by atomic mass is 9.94. The fraction of sp³-hybridized carbons (Fsp3) is 0.429. The van der Waals surface area contributed by atoms with Crippen molar-refractivity contribution in [2.24, 2.45) is 0 Å². The molecule has 3 aromatic rings. The van der Waals surface area contributed by atoms with Crippen LogP contribution in [0.1, 0.15) is 62.1 Å². The molecule has 0 unspecified atom stereocenters. The Hall–Kier alpha value is -3.28. The summed E-state index contributed by atoms with van der Waals surface area (Å²) in [6.45, 7) is 0. The summed E-state index contributed by atoms with van der Waals surface area (Å²) in [5.74, 6) is 0.654. The number of carbonyl (C=O) groups is 2. The average Bonchev–Trinajstić information content (AvgIpc) is 3.63. The van der Waals surface area contributed by atoms with Crippen molar-refractivity contribution in [1.29, 1.82) is 0 Å². The molecule has 0 radical (unpaired) electrons. The van der Waals surface area contributed by atoms with Crippen LogP contribution in [0.5, 0.6) is 5.75 Å². The Labute approximate surface area is 200 Å². The molecular weight excluding hydrogens is 426 g/mol. The largest absolute Gasteiger partial charge is 0.497 e. The molecule has 2 aliphatic carbocycles. The van der Waals surface area contributed by atoms with Crippen molar-refractivity contribution in [3.05, 3.63) is 65.9 Å². The number of fused-ring (bicyclic) bond motifs is 1. The maximum atomic E-state index is 13.8. The fourth-order valence-electron chi connectivity index (χ4n) is 5.19. The summed E-state index contributed by atoms with van der Waals surface area (Å²) in [6, 6.07) is 15.2. The number of benzene rings is 2. The van der Waals surface area contributed by atoms with E-state index in [1.807, 2.05) is 59.6 Å². The van der Waals surface area contributed by atoms with Gasteiger partial charge in [-0.2, -0.15) is 0 Å². The van der Waals surface area contributed by atoms with E-state index in [1.54, 1.807) is 7.11 Å². The molecule has 34 heavy (non-hydrogen) atoms. The number of hydrogen-bond acceptors (Lipinski definition) is 3. The van der Waals surface area contributed by atoms with Gasteiger partial charge in [0.05, 0.1) is 13.5 Å². The number of nitrogens with zero attached hydrogens (tertiary/aromatic N) is 1. The summed E-state index contributed by atoms with van der Waals surface area (Å²) in [5, 5.41) is 4.34. The Morgan fingerprint density at radius 1 is 1.03 bits per heavy atom. The molecule has 6 nitrogen and oxygen atoms in total. The van der Waals surface area contributed by atoms with Crippen LogP contribution >= 0.6 is 0 Å². The molecular formula is C28H33N3O3. The molecule has 2 aliphatic rings. The van der Waals surface area contributed by atoms with Crippen LogP contribution in [-0.4, -0.2) is 40.9 Å². The van der Waals surface area contributed by atoms with Crippen LogP contribution in [-0.2, 0) is 16.0 Å². The summed E-state index contributed by atoms with van der Waals surface area (Å²) in [4.78, 5) is 32.6. The molecule has 5 rings (SSSR count). The van der Waals surface area contributed by atoms with Crippen LogP contribution in [0.2, 0.25) is 0 Å². The van der Waals surface area contributed by atoms with Crippen LogP contribution in [0, 0.1) is 0 Å². The summed E-state index contributed by atoms with van der Waals surface area (Å²) in [6.07, 6.45) is 9.58. The molecule has 178 valence electrons. The van der Waals surface area contributed by atoms with E-state index < -0.39 is 6.04 Å². The second-order valence-corrected chi connectivity index (χ2v) is 9.59. The van der Waals surface area contributed by atoms with Gasteiger partial charge in [-0.05, 0) is 55.0 Å². The first-order valence-electron chi connectivity index (χ1n) is 12.4. The summed E-state index contributed by atoms with van der Waals surface area (Å²) in [5.41, 5.74) is 2.81. The van der Waals surface area contributed by atoms with Gasteiger partial charge in [0.25, 0.3) is 0 Å². The zero-order chi connectivity index (χ0) is 23.5. The highest BCUT2D eigenvalue weighted by molar-refractivity contribution is 5.93. The van der Waals surface area contributed by atoms with Crippen LogP contribution in [0.4, 0.5) is 0 Å². The molecule has 2 fully saturated rings. The van der Waals surface area contributed by atoms with E-state index in [0.29, 0.717) is 0 Å². The van der Waals surface area contributed by atoms with E-state index in [2.05, 4.69) is 10.3 Å². The van der Waals surface area contributed by atoms with Crippen molar-refractivity contribution in [3.63, 3.8) is 0 Å². The number of methoxy groups -OCH3 is 1. The van der Waals surface area contributed by atoms with Crippen molar-refractivity contribution < 1.29 is 14.3 Å². The minimum absolute atomic E-state index is 0.00753. The standard InChI is InChI=1S/C28H33N3O3/c1-34-23-15-11-19(12-16-23)27(28(33)30-21-7-3-2-4-8-21)31(22-13-14-22)26(32)17-20-18-29-25-10-6-5-9-24(20)25/h5-6,9-12,15-16,18,21-22,27,29H,2-4,7-8,13-14,17H2,1H3,(H,30,33)/t27-/m0/s1. The number of aromatic amines is 1. The van der Waals surface area contributed by atoms with E-state index in [1.165, 1.54) is 6.42 Å². The van der Waals surface area contributed by atoms with Crippen LogP contribution in [0.3, 0.4) is 0 Å². The third-order valence-electron chi connectivity index (χ3n) is 7.15. The maximum Gasteiger partial charge on any atom is 0.247 e. The van der Waals surface area contributed by atoms with Gasteiger partial charge in [0.1, 0.15) is 11.8 Å². The molecule has 2 amide bonds. The molecule has 2 N–H and O–H groups in total. The highest BCUT2D eigenvalue weighted by Crippen LogP contribution is 2.36. The molecule has 2 saturated carbocycles. The summed E-state index contributed by atoms with van der Waals surface area (Å²) in [7, 11) is 1.63. The van der Waals surface area contributed by atoms with Gasteiger partial charge in [-0.1, -0.05) is 49.6 Å². The summed E-state index contributed by atoms with van der Waals surface area (Å²) < 4.78 is 5.33. The normalized spacial score (nSPS) is 17.3. The Kier molecular flexibility index (Phi) is 6.57. The number of amides is 2. The van der Waals surface area contributed by atoms with Gasteiger partial charge >= 0.3 is 0 Å². The second kappa shape index (κ2) is 9.92. The molecule has 0 saturated heterocycles. The molecule has 1 atom stereocenters. The Bertz CT molecular complexity index is 1140. The minimum Gasteiger partial charge on any atom is -0.497 e. The van der Waals surface area contributed by atoms with Crippen molar-refractivity contribution in [3.8, 4) is 5.75 Å². The zero-order valence-electron chi connectivity index (χ0n) is 19.8. The second-order valence-electron chi connectivity index (χ2n) is 9.59. The topological polar surface area (TPSA) is 74.4 Å². The Morgan fingerprint density at radius 3 is 2.47 bits per heavy atom. The van der Waals surface area contributed by atoms with Crippen molar-refractivity contribution in [2.75, 3.05) is 7.11 Å². The molecule has 0 bridgehead atoms. The third-order valence-corrected chi connectivity index (χ3v) is 7.15. The number of para-hydroxylation sites is 1. The smallest absolute Gasteiger partial charge is 0.247 e. The third kappa shape index (κ3) is 4.81. The molecule has 0 aliphatic heterocycles. The number of nitrogens with one attached hydrogen (secondary N) is 2. The molecule has 6 heteroatoms. The van der Waals surface area contributed by atoms with Gasteiger partial charge in [0.15, 0.2) is 0 Å². The first-order valence-corrected chi connectivity index (χ1v) is 12.4. The van der Waals surface area contributed by atoms with Crippen molar-refractivity contribution >= 4 is 22.7 Å².